The van der Waals surface area contributed by atoms with Crippen molar-refractivity contribution >= 4 is 24.1 Å². The van der Waals surface area contributed by atoms with E-state index in [0.717, 1.165) is 11.1 Å². The van der Waals surface area contributed by atoms with Gasteiger partial charge in [0, 0.05) is 17.7 Å². The Morgan fingerprint density at radius 3 is 2.62 bits per heavy atom. The number of Topliss-reactive ketones (excluding diaryl/α,β-unsaturated/α-hetero) is 1. The van der Waals surface area contributed by atoms with Crippen LogP contribution in [0.1, 0.15) is 19.8 Å². The van der Waals surface area contributed by atoms with E-state index in [1.165, 1.54) is 0 Å². The number of nitrogens with zero attached hydrogens (tertiary/aromatic N) is 2. The first-order chi connectivity index (χ1) is 11.3. The average Bonchev–Trinajstić information content (AvgIpc) is 2.80. The predicted molar refractivity (Wildman–Crippen MR) is 87.7 cm³/mol. The highest BCUT2D eigenvalue weighted by Crippen LogP contribution is 2.62. The van der Waals surface area contributed by atoms with Crippen molar-refractivity contribution in [2.75, 3.05) is 6.16 Å². The van der Waals surface area contributed by atoms with Gasteiger partial charge in [-0.05, 0) is 13.3 Å². The molecule has 2 heterocycles. The molecule has 0 bridgehead atoms. The first-order valence-electron chi connectivity index (χ1n) is 7.62. The van der Waals surface area contributed by atoms with Crippen molar-refractivity contribution in [3.8, 4) is 6.07 Å². The molecule has 1 aromatic rings. The number of allylic oxidation sites excluding steroid dienone is 1. The molecule has 1 fully saturated rings. The van der Waals surface area contributed by atoms with Gasteiger partial charge in [0.25, 0.3) is 0 Å². The zero-order valence-corrected chi connectivity index (χ0v) is 14.1. The maximum atomic E-state index is 13.7. The summed E-state index contributed by atoms with van der Waals surface area (Å²) in [5.74, 6) is -2.07. The summed E-state index contributed by atoms with van der Waals surface area (Å²) in [4.78, 5) is 25.3. The van der Waals surface area contributed by atoms with Crippen LogP contribution in [0.25, 0.3) is 0 Å². The molecule has 124 valence electrons. The summed E-state index contributed by atoms with van der Waals surface area (Å²) in [6.07, 6.45) is 1.24. The molecule has 7 heteroatoms. The normalized spacial score (nSPS) is 33.3. The number of hydrogen-bond acceptors (Lipinski definition) is 5. The largest absolute Gasteiger partial charge is 0.387 e. The molecule has 3 unspecified atom stereocenters. The molecule has 0 saturated carbocycles. The summed E-state index contributed by atoms with van der Waals surface area (Å²) in [6.45, 7) is 1.55. The van der Waals surface area contributed by atoms with Crippen LogP contribution < -0.4 is 5.30 Å². The minimum absolute atomic E-state index is 0.156. The molecular weight excluding hydrogens is 327 g/mol. The minimum atomic E-state index is -3.13. The van der Waals surface area contributed by atoms with Crippen molar-refractivity contribution in [3.05, 3.63) is 42.1 Å². The van der Waals surface area contributed by atoms with Crippen molar-refractivity contribution in [1.29, 1.82) is 5.26 Å². The van der Waals surface area contributed by atoms with Crippen LogP contribution in [-0.2, 0) is 14.2 Å². The number of ketones is 1. The van der Waals surface area contributed by atoms with Crippen LogP contribution in [0.2, 0.25) is 0 Å². The number of carbonyl (C=O) groups is 2. The lowest BCUT2D eigenvalue weighted by atomic mass is 10.0. The third-order valence-electron chi connectivity index (χ3n) is 4.65. The van der Waals surface area contributed by atoms with E-state index in [4.69, 9.17) is 5.26 Å². The van der Waals surface area contributed by atoms with Gasteiger partial charge in [0.15, 0.2) is 5.78 Å². The molecule has 6 nitrogen and oxygen atoms in total. The molecule has 3 rings (SSSR count). The van der Waals surface area contributed by atoms with Crippen LogP contribution in [0, 0.1) is 11.3 Å². The fourth-order valence-electron chi connectivity index (χ4n) is 3.45. The molecule has 2 aliphatic heterocycles. The van der Waals surface area contributed by atoms with Crippen molar-refractivity contribution in [3.63, 3.8) is 0 Å². The topological polar surface area (TPSA) is 98.5 Å². The van der Waals surface area contributed by atoms with Crippen molar-refractivity contribution in [2.45, 2.75) is 31.1 Å². The third-order valence-corrected chi connectivity index (χ3v) is 8.30. The van der Waals surface area contributed by atoms with Crippen LogP contribution >= 0.6 is 7.14 Å². The van der Waals surface area contributed by atoms with E-state index >= 15 is 0 Å². The molecule has 24 heavy (non-hydrogen) atoms. The highest BCUT2D eigenvalue weighted by atomic mass is 31.2. The standard InChI is InChI=1S/C17H17N2O4P/c1-17(22)7-8-24(23,13-5-3-2-4-6-13)16(17)19-11-12(10-18)14(20)9-15(19)21/h2-6,11,16,22H,7-9H2,1H3. The summed E-state index contributed by atoms with van der Waals surface area (Å²) < 4.78 is 13.7. The Morgan fingerprint density at radius 1 is 1.33 bits per heavy atom. The lowest BCUT2D eigenvalue weighted by Crippen LogP contribution is -2.50. The van der Waals surface area contributed by atoms with E-state index < -0.39 is 36.6 Å². The Balaban J connectivity index is 2.14. The Morgan fingerprint density at radius 2 is 2.00 bits per heavy atom. The summed E-state index contributed by atoms with van der Waals surface area (Å²) in [5, 5.41) is 20.4. The van der Waals surface area contributed by atoms with Crippen LogP contribution in [0.5, 0.6) is 0 Å². The first-order valence-corrected chi connectivity index (χ1v) is 9.59. The number of hydrogen-bond donors (Lipinski definition) is 1. The van der Waals surface area contributed by atoms with Gasteiger partial charge in [-0.2, -0.15) is 5.26 Å². The summed E-state index contributed by atoms with van der Waals surface area (Å²) in [7, 11) is -3.13. The maximum Gasteiger partial charge on any atom is 0.235 e. The Hall–Kier alpha value is -2.22. The van der Waals surface area contributed by atoms with Gasteiger partial charge in [0.2, 0.25) is 5.91 Å². The van der Waals surface area contributed by atoms with Gasteiger partial charge >= 0.3 is 0 Å². The van der Waals surface area contributed by atoms with Gasteiger partial charge in [0.1, 0.15) is 24.6 Å². The second-order valence-corrected chi connectivity index (χ2v) is 9.44. The Kier molecular flexibility index (Phi) is 3.95. The molecular formula is C17H17N2O4P. The SMILES string of the molecule is CC1(O)CCP(=O)(c2ccccc2)C1N1C=C(C#N)C(=O)CC1=O. The second kappa shape index (κ2) is 5.70. The zero-order chi connectivity index (χ0) is 17.5. The third kappa shape index (κ3) is 2.50. The highest BCUT2D eigenvalue weighted by molar-refractivity contribution is 7.72. The molecule has 0 radical (unpaired) electrons. The van der Waals surface area contributed by atoms with Crippen molar-refractivity contribution in [1.82, 2.24) is 4.90 Å². The van der Waals surface area contributed by atoms with Crippen LogP contribution in [-0.4, -0.2) is 39.2 Å². The first kappa shape index (κ1) is 16.6. The molecule has 0 aromatic heterocycles. The zero-order valence-electron chi connectivity index (χ0n) is 13.2. The minimum Gasteiger partial charge on any atom is -0.387 e. The van der Waals surface area contributed by atoms with E-state index in [1.807, 2.05) is 0 Å². The fraction of sp³-hybridized carbons (Fsp3) is 0.353. The van der Waals surface area contributed by atoms with Crippen LogP contribution in [0.15, 0.2) is 42.1 Å². The molecule has 0 spiro atoms. The Bertz CT molecular complexity index is 823. The van der Waals surface area contributed by atoms with E-state index in [9.17, 15) is 19.3 Å². The smallest absolute Gasteiger partial charge is 0.235 e. The molecule has 1 saturated heterocycles. The van der Waals surface area contributed by atoms with Crippen LogP contribution in [0.4, 0.5) is 0 Å². The van der Waals surface area contributed by atoms with Crippen molar-refractivity contribution in [2.24, 2.45) is 0 Å². The lowest BCUT2D eigenvalue weighted by molar-refractivity contribution is -0.136. The maximum absolute atomic E-state index is 13.7. The Labute approximate surface area is 139 Å². The van der Waals surface area contributed by atoms with E-state index in [-0.39, 0.29) is 18.2 Å². The molecule has 3 atom stereocenters. The number of rotatable bonds is 2. The second-order valence-electron chi connectivity index (χ2n) is 6.39. The molecule has 1 N–H and O–H groups in total. The monoisotopic (exact) mass is 344 g/mol. The van der Waals surface area contributed by atoms with Gasteiger partial charge in [0.05, 0.1) is 12.0 Å². The van der Waals surface area contributed by atoms with Gasteiger partial charge in [-0.25, -0.2) is 0 Å². The summed E-state index contributed by atoms with van der Waals surface area (Å²) >= 11 is 0. The van der Waals surface area contributed by atoms with Gasteiger partial charge in [-0.15, -0.1) is 0 Å². The van der Waals surface area contributed by atoms with Crippen LogP contribution in [0.3, 0.4) is 0 Å². The van der Waals surface area contributed by atoms with E-state index in [0.29, 0.717) is 5.30 Å². The lowest BCUT2D eigenvalue weighted by Gasteiger charge is -2.38. The van der Waals surface area contributed by atoms with Gasteiger partial charge in [-0.1, -0.05) is 30.3 Å². The van der Waals surface area contributed by atoms with Gasteiger partial charge < -0.3 is 14.6 Å². The van der Waals surface area contributed by atoms with E-state index in [1.54, 1.807) is 43.3 Å². The predicted octanol–water partition coefficient (Wildman–Crippen LogP) is 1.36. The number of carbonyl (C=O) groups excluding carboxylic acids is 2. The summed E-state index contributed by atoms with van der Waals surface area (Å²) in [6, 6.07) is 10.5. The van der Waals surface area contributed by atoms with E-state index in [2.05, 4.69) is 0 Å². The number of nitriles is 1. The summed E-state index contributed by atoms with van der Waals surface area (Å²) in [5.41, 5.74) is -1.52. The highest BCUT2D eigenvalue weighted by Gasteiger charge is 2.56. The quantitative estimate of drug-likeness (QED) is 0.645. The van der Waals surface area contributed by atoms with Crippen molar-refractivity contribution < 1.29 is 19.3 Å². The fourth-order valence-corrected chi connectivity index (χ4v) is 7.32. The molecule has 1 amide bonds. The molecule has 0 aliphatic carbocycles. The molecule has 2 aliphatic rings. The number of aliphatic hydroxyl groups is 1. The van der Waals surface area contributed by atoms with Gasteiger partial charge in [-0.3, -0.25) is 9.59 Å². The average molecular weight is 344 g/mol. The number of benzene rings is 1. The molecule has 1 aromatic carbocycles. The number of amides is 1.